The summed E-state index contributed by atoms with van der Waals surface area (Å²) in [5.74, 6) is 0.760. The lowest BCUT2D eigenvalue weighted by atomic mass is 10.1. The van der Waals surface area contributed by atoms with Crippen LogP contribution in [0.5, 0.6) is 11.5 Å². The van der Waals surface area contributed by atoms with Gasteiger partial charge in [-0.1, -0.05) is 35.9 Å². The molecule has 36 heavy (non-hydrogen) atoms. The maximum Gasteiger partial charge on any atom is 0.264 e. The number of rotatable bonds is 10. The molecule has 0 aromatic heterocycles. The molecule has 1 N–H and O–H groups in total. The number of carbonyl (C=O) groups excluding carboxylic acids is 1. The minimum absolute atomic E-state index is 0.00371. The maximum atomic E-state index is 13.6. The molecule has 0 spiro atoms. The zero-order valence-electron chi connectivity index (χ0n) is 21.7. The number of aryl methyl sites for hydroxylation is 2. The van der Waals surface area contributed by atoms with Crippen LogP contribution in [0.3, 0.4) is 0 Å². The van der Waals surface area contributed by atoms with Gasteiger partial charge in [0.1, 0.15) is 6.54 Å². The molecule has 7 nitrogen and oxygen atoms in total. The molecule has 1 amide bonds. The van der Waals surface area contributed by atoms with Crippen molar-refractivity contribution in [2.75, 3.05) is 18.0 Å². The van der Waals surface area contributed by atoms with Crippen molar-refractivity contribution >= 4 is 21.6 Å². The summed E-state index contributed by atoms with van der Waals surface area (Å²) in [6.45, 7) is 9.38. The summed E-state index contributed by atoms with van der Waals surface area (Å²) in [6.07, 6.45) is -0.00371. The van der Waals surface area contributed by atoms with Crippen LogP contribution in [-0.4, -0.2) is 34.1 Å². The van der Waals surface area contributed by atoms with E-state index in [2.05, 4.69) is 5.32 Å². The monoisotopic (exact) mass is 510 g/mol. The first-order valence-electron chi connectivity index (χ1n) is 11.8. The van der Waals surface area contributed by atoms with Gasteiger partial charge in [0.15, 0.2) is 11.5 Å². The van der Waals surface area contributed by atoms with Gasteiger partial charge < -0.3 is 14.8 Å². The van der Waals surface area contributed by atoms with Crippen molar-refractivity contribution in [2.24, 2.45) is 0 Å². The van der Waals surface area contributed by atoms with E-state index in [4.69, 9.17) is 9.47 Å². The minimum atomic E-state index is -3.98. The topological polar surface area (TPSA) is 84.9 Å². The van der Waals surface area contributed by atoms with E-state index in [1.807, 2.05) is 46.8 Å². The molecule has 3 rings (SSSR count). The van der Waals surface area contributed by atoms with Crippen LogP contribution in [0, 0.1) is 20.8 Å². The van der Waals surface area contributed by atoms with Crippen molar-refractivity contribution in [1.29, 1.82) is 0 Å². The minimum Gasteiger partial charge on any atom is -0.493 e. The van der Waals surface area contributed by atoms with Gasteiger partial charge in [-0.25, -0.2) is 8.42 Å². The molecular weight excluding hydrogens is 476 g/mol. The predicted molar refractivity (Wildman–Crippen MR) is 142 cm³/mol. The highest BCUT2D eigenvalue weighted by atomic mass is 32.2. The van der Waals surface area contributed by atoms with Crippen LogP contribution in [0.1, 0.15) is 36.1 Å². The Kier molecular flexibility index (Phi) is 8.63. The number of nitrogens with one attached hydrogen (secondary N) is 1. The number of sulfonamides is 1. The number of amides is 1. The first-order valence-corrected chi connectivity index (χ1v) is 13.2. The molecule has 0 aliphatic carbocycles. The number of ether oxygens (including phenoxy) is 2. The second kappa shape index (κ2) is 11.5. The molecular formula is C28H34N2O5S. The molecule has 0 unspecified atom stereocenters. The predicted octanol–water partition coefficient (Wildman–Crippen LogP) is 4.92. The maximum absolute atomic E-state index is 13.6. The number of benzene rings is 3. The summed E-state index contributed by atoms with van der Waals surface area (Å²) in [5, 5.41) is 2.84. The average molecular weight is 511 g/mol. The van der Waals surface area contributed by atoms with Gasteiger partial charge in [-0.05, 0) is 81.6 Å². The van der Waals surface area contributed by atoms with Crippen LogP contribution in [0.4, 0.5) is 5.69 Å². The highest BCUT2D eigenvalue weighted by Gasteiger charge is 2.28. The van der Waals surface area contributed by atoms with Crippen LogP contribution in [-0.2, 0) is 21.4 Å². The van der Waals surface area contributed by atoms with E-state index in [0.717, 1.165) is 22.3 Å². The second-order valence-electron chi connectivity index (χ2n) is 8.97. The molecule has 0 fully saturated rings. The summed E-state index contributed by atoms with van der Waals surface area (Å²) in [7, 11) is -2.42. The Hall–Kier alpha value is -3.52. The Morgan fingerprint density at radius 1 is 0.972 bits per heavy atom. The van der Waals surface area contributed by atoms with Gasteiger partial charge in [0.25, 0.3) is 10.0 Å². The molecule has 0 aliphatic rings. The van der Waals surface area contributed by atoms with Crippen molar-refractivity contribution in [2.45, 2.75) is 52.2 Å². The Balaban J connectivity index is 1.85. The van der Waals surface area contributed by atoms with Gasteiger partial charge in [0.05, 0.1) is 23.8 Å². The average Bonchev–Trinajstić information content (AvgIpc) is 2.83. The molecule has 0 saturated carbocycles. The molecule has 0 aliphatic heterocycles. The Morgan fingerprint density at radius 3 is 2.31 bits per heavy atom. The summed E-state index contributed by atoms with van der Waals surface area (Å²) in [5.41, 5.74) is 3.96. The lowest BCUT2D eigenvalue weighted by Gasteiger charge is -2.26. The fourth-order valence-corrected chi connectivity index (χ4v) is 5.18. The van der Waals surface area contributed by atoms with Crippen LogP contribution >= 0.6 is 0 Å². The molecule has 0 bridgehead atoms. The highest BCUT2D eigenvalue weighted by molar-refractivity contribution is 7.92. The number of nitrogens with zero attached hydrogens (tertiary/aromatic N) is 1. The summed E-state index contributed by atoms with van der Waals surface area (Å²) < 4.78 is 39.6. The van der Waals surface area contributed by atoms with Crippen LogP contribution in [0.15, 0.2) is 65.6 Å². The fourth-order valence-electron chi connectivity index (χ4n) is 3.70. The Morgan fingerprint density at radius 2 is 1.67 bits per heavy atom. The number of hydrogen-bond acceptors (Lipinski definition) is 5. The molecule has 3 aromatic rings. The van der Waals surface area contributed by atoms with E-state index < -0.39 is 15.9 Å². The van der Waals surface area contributed by atoms with Crippen molar-refractivity contribution < 1.29 is 22.7 Å². The summed E-state index contributed by atoms with van der Waals surface area (Å²) >= 11 is 0. The van der Waals surface area contributed by atoms with Crippen molar-refractivity contribution in [3.8, 4) is 11.5 Å². The molecule has 192 valence electrons. The lowest BCUT2D eigenvalue weighted by Crippen LogP contribution is -2.41. The zero-order valence-corrected chi connectivity index (χ0v) is 22.5. The van der Waals surface area contributed by atoms with Crippen LogP contribution in [0.25, 0.3) is 0 Å². The largest absolute Gasteiger partial charge is 0.493 e. The number of anilines is 1. The standard InChI is InChI=1S/C28H34N2O5S/c1-19(2)35-26-15-12-23(16-27(26)34-6)17-29-28(31)18-30(25-9-7-8-21(4)22(25)5)36(32,33)24-13-10-20(3)11-14-24/h7-16,19H,17-18H2,1-6H3,(H,29,31). The van der Waals surface area contributed by atoms with Gasteiger partial charge in [0.2, 0.25) is 5.91 Å². The molecule has 0 heterocycles. The Bertz CT molecular complexity index is 1320. The first-order chi connectivity index (χ1) is 17.0. The SMILES string of the molecule is COc1cc(CNC(=O)CN(c2cccc(C)c2C)S(=O)(=O)c2ccc(C)cc2)ccc1OC(C)C. The molecule has 0 atom stereocenters. The van der Waals surface area contributed by atoms with E-state index in [1.165, 1.54) is 4.31 Å². The van der Waals surface area contributed by atoms with E-state index in [9.17, 15) is 13.2 Å². The van der Waals surface area contributed by atoms with Crippen molar-refractivity contribution in [3.05, 3.63) is 82.9 Å². The van der Waals surface area contributed by atoms with E-state index in [1.54, 1.807) is 55.6 Å². The number of hydrogen-bond donors (Lipinski definition) is 1. The third kappa shape index (κ3) is 6.37. The van der Waals surface area contributed by atoms with E-state index in [-0.39, 0.29) is 24.1 Å². The van der Waals surface area contributed by atoms with E-state index in [0.29, 0.717) is 17.2 Å². The third-order valence-corrected chi connectivity index (χ3v) is 7.60. The molecule has 3 aromatic carbocycles. The first kappa shape index (κ1) is 27.1. The summed E-state index contributed by atoms with van der Waals surface area (Å²) in [6, 6.07) is 17.5. The molecule has 0 saturated heterocycles. The van der Waals surface area contributed by atoms with Crippen LogP contribution < -0.4 is 19.1 Å². The summed E-state index contributed by atoms with van der Waals surface area (Å²) in [4.78, 5) is 13.2. The van der Waals surface area contributed by atoms with Crippen molar-refractivity contribution in [3.63, 3.8) is 0 Å². The number of methoxy groups -OCH3 is 1. The lowest BCUT2D eigenvalue weighted by molar-refractivity contribution is -0.119. The van der Waals surface area contributed by atoms with Crippen LogP contribution in [0.2, 0.25) is 0 Å². The molecule has 0 radical (unpaired) electrons. The molecule has 8 heteroatoms. The van der Waals surface area contributed by atoms with Gasteiger partial charge >= 0.3 is 0 Å². The Labute approximate surface area is 214 Å². The van der Waals surface area contributed by atoms with Crippen molar-refractivity contribution in [1.82, 2.24) is 5.32 Å². The van der Waals surface area contributed by atoms with Gasteiger partial charge in [-0.15, -0.1) is 0 Å². The zero-order chi connectivity index (χ0) is 26.5. The third-order valence-electron chi connectivity index (χ3n) is 5.82. The van der Waals surface area contributed by atoms with Gasteiger partial charge in [-0.3, -0.25) is 9.10 Å². The quantitative estimate of drug-likeness (QED) is 0.419. The van der Waals surface area contributed by atoms with Gasteiger partial charge in [-0.2, -0.15) is 0 Å². The smallest absolute Gasteiger partial charge is 0.264 e. The fraction of sp³-hybridized carbons (Fsp3) is 0.321. The normalized spacial score (nSPS) is 11.3. The second-order valence-corrected chi connectivity index (χ2v) is 10.8. The number of carbonyl (C=O) groups is 1. The van der Waals surface area contributed by atoms with E-state index >= 15 is 0 Å². The van der Waals surface area contributed by atoms with Gasteiger partial charge in [0, 0.05) is 6.54 Å². The highest BCUT2D eigenvalue weighted by Crippen LogP contribution is 2.30.